The van der Waals surface area contributed by atoms with E-state index in [4.69, 9.17) is 0 Å². The summed E-state index contributed by atoms with van der Waals surface area (Å²) in [5.41, 5.74) is 1.02. The molecule has 0 aliphatic rings. The number of hydrogen-bond donors (Lipinski definition) is 2. The number of amides is 1. The lowest BCUT2D eigenvalue weighted by molar-refractivity contribution is -0.125. The van der Waals surface area contributed by atoms with Gasteiger partial charge in [-0.1, -0.05) is 66.8 Å². The molecule has 2 aromatic rings. The van der Waals surface area contributed by atoms with Crippen LogP contribution in [-0.4, -0.2) is 40.2 Å². The number of aromatic nitrogens is 2. The van der Waals surface area contributed by atoms with Gasteiger partial charge in [-0.05, 0) is 25.3 Å². The maximum absolute atomic E-state index is 12.2. The fourth-order valence-corrected chi connectivity index (χ4v) is 3.81. The Balaban J connectivity index is 1.80. The van der Waals surface area contributed by atoms with Crippen molar-refractivity contribution >= 4 is 39.9 Å². The molecule has 1 unspecified atom stereocenters. The molecule has 2 N–H and O–H groups in total. The molecule has 0 aliphatic carbocycles. The Kier molecular flexibility index (Phi) is 8.57. The third kappa shape index (κ3) is 7.13. The third-order valence-corrected chi connectivity index (χ3v) is 5.66. The molecule has 6 nitrogen and oxygen atoms in total. The molecule has 0 aliphatic heterocycles. The summed E-state index contributed by atoms with van der Waals surface area (Å²) in [4.78, 5) is 24.0. The molecule has 1 amide bonds. The first kappa shape index (κ1) is 20.4. The molecular formula is C18H24N4O2S2. The van der Waals surface area contributed by atoms with Gasteiger partial charge in [0.05, 0.1) is 11.8 Å². The van der Waals surface area contributed by atoms with Crippen molar-refractivity contribution < 1.29 is 9.59 Å². The van der Waals surface area contributed by atoms with Crippen molar-refractivity contribution in [2.24, 2.45) is 0 Å². The number of ketones is 1. The van der Waals surface area contributed by atoms with E-state index in [9.17, 15) is 9.59 Å². The van der Waals surface area contributed by atoms with Crippen molar-refractivity contribution in [2.45, 2.75) is 43.5 Å². The number of unbranched alkanes of at least 4 members (excludes halogenated alkanes) is 1. The molecule has 140 valence electrons. The van der Waals surface area contributed by atoms with Crippen LogP contribution in [0, 0.1) is 0 Å². The Labute approximate surface area is 162 Å². The van der Waals surface area contributed by atoms with Crippen molar-refractivity contribution in [2.75, 3.05) is 17.6 Å². The van der Waals surface area contributed by atoms with Gasteiger partial charge in [0.15, 0.2) is 10.1 Å². The standard InChI is InChI=1S/C18H24N4O2S2/c1-3-4-10-19-17-21-22-18(26-17)25-12-16(24)20-15(13(2)23)11-14-8-6-5-7-9-14/h5-9,15H,3-4,10-12H2,1-2H3,(H,19,21)(H,20,24). The van der Waals surface area contributed by atoms with Crippen LogP contribution in [0.15, 0.2) is 34.7 Å². The van der Waals surface area contributed by atoms with E-state index in [1.807, 2.05) is 30.3 Å². The SMILES string of the molecule is CCCCNc1nnc(SCC(=O)NC(Cc2ccccc2)C(C)=O)s1. The van der Waals surface area contributed by atoms with Gasteiger partial charge in [-0.2, -0.15) is 0 Å². The smallest absolute Gasteiger partial charge is 0.231 e. The minimum atomic E-state index is -0.508. The molecule has 26 heavy (non-hydrogen) atoms. The van der Waals surface area contributed by atoms with E-state index in [-0.39, 0.29) is 17.4 Å². The van der Waals surface area contributed by atoms with Gasteiger partial charge in [-0.15, -0.1) is 10.2 Å². The summed E-state index contributed by atoms with van der Waals surface area (Å²) in [6.07, 6.45) is 2.70. The number of carbonyl (C=O) groups excluding carboxylic acids is 2. The summed E-state index contributed by atoms with van der Waals surface area (Å²) in [5.74, 6) is -0.0188. The maximum Gasteiger partial charge on any atom is 0.231 e. The zero-order chi connectivity index (χ0) is 18.8. The van der Waals surface area contributed by atoms with Crippen LogP contribution < -0.4 is 10.6 Å². The van der Waals surface area contributed by atoms with Crippen LogP contribution in [0.5, 0.6) is 0 Å². The fourth-order valence-electron chi connectivity index (χ4n) is 2.22. The van der Waals surface area contributed by atoms with E-state index in [0.717, 1.165) is 34.4 Å². The molecular weight excluding hydrogens is 368 g/mol. The first-order valence-corrected chi connectivity index (χ1v) is 10.4. The lowest BCUT2D eigenvalue weighted by atomic mass is 10.0. The van der Waals surface area contributed by atoms with Gasteiger partial charge in [-0.3, -0.25) is 9.59 Å². The van der Waals surface area contributed by atoms with Gasteiger partial charge in [-0.25, -0.2) is 0 Å². The van der Waals surface area contributed by atoms with Crippen LogP contribution in [0.2, 0.25) is 0 Å². The van der Waals surface area contributed by atoms with Crippen LogP contribution in [0.3, 0.4) is 0 Å². The summed E-state index contributed by atoms with van der Waals surface area (Å²) in [5, 5.41) is 14.9. The number of anilines is 1. The van der Waals surface area contributed by atoms with Crippen molar-refractivity contribution in [3.8, 4) is 0 Å². The van der Waals surface area contributed by atoms with Crippen LogP contribution in [0.1, 0.15) is 32.3 Å². The number of hydrogen-bond acceptors (Lipinski definition) is 7. The van der Waals surface area contributed by atoms with Gasteiger partial charge in [0, 0.05) is 6.54 Å². The van der Waals surface area contributed by atoms with E-state index in [0.29, 0.717) is 6.42 Å². The van der Waals surface area contributed by atoms with Crippen LogP contribution in [-0.2, 0) is 16.0 Å². The highest BCUT2D eigenvalue weighted by Gasteiger charge is 2.18. The normalized spacial score (nSPS) is 11.8. The Hall–Kier alpha value is -1.93. The lowest BCUT2D eigenvalue weighted by Crippen LogP contribution is -2.42. The Bertz CT molecular complexity index is 706. The predicted octanol–water partition coefficient (Wildman–Crippen LogP) is 3.16. The zero-order valence-corrected chi connectivity index (χ0v) is 16.7. The minimum Gasteiger partial charge on any atom is -0.360 e. The second-order valence-electron chi connectivity index (χ2n) is 5.86. The summed E-state index contributed by atoms with van der Waals surface area (Å²) in [6.45, 7) is 4.50. The number of carbonyl (C=O) groups is 2. The summed E-state index contributed by atoms with van der Waals surface area (Å²) in [7, 11) is 0. The summed E-state index contributed by atoms with van der Waals surface area (Å²) in [6, 6.07) is 9.16. The number of benzene rings is 1. The van der Waals surface area contributed by atoms with Crippen LogP contribution in [0.25, 0.3) is 0 Å². The zero-order valence-electron chi connectivity index (χ0n) is 15.0. The van der Waals surface area contributed by atoms with Crippen molar-refractivity contribution in [3.05, 3.63) is 35.9 Å². The van der Waals surface area contributed by atoms with Gasteiger partial charge in [0.25, 0.3) is 0 Å². The average molecular weight is 393 g/mol. The molecule has 1 aromatic heterocycles. The second-order valence-corrected chi connectivity index (χ2v) is 8.06. The molecule has 1 aromatic carbocycles. The Morgan fingerprint density at radius 1 is 1.23 bits per heavy atom. The number of nitrogens with zero attached hydrogens (tertiary/aromatic N) is 2. The molecule has 1 heterocycles. The van der Waals surface area contributed by atoms with E-state index in [2.05, 4.69) is 27.8 Å². The van der Waals surface area contributed by atoms with Gasteiger partial charge < -0.3 is 10.6 Å². The van der Waals surface area contributed by atoms with E-state index in [1.54, 1.807) is 0 Å². The van der Waals surface area contributed by atoms with E-state index < -0.39 is 6.04 Å². The summed E-state index contributed by atoms with van der Waals surface area (Å²) < 4.78 is 0.738. The van der Waals surface area contributed by atoms with Crippen LogP contribution >= 0.6 is 23.1 Å². The molecule has 0 saturated heterocycles. The van der Waals surface area contributed by atoms with Crippen molar-refractivity contribution in [1.82, 2.24) is 15.5 Å². The minimum absolute atomic E-state index is 0.0504. The topological polar surface area (TPSA) is 84.0 Å². The number of thioether (sulfide) groups is 1. The highest BCUT2D eigenvalue weighted by atomic mass is 32.2. The molecule has 8 heteroatoms. The number of nitrogens with one attached hydrogen (secondary N) is 2. The molecule has 0 spiro atoms. The molecule has 0 radical (unpaired) electrons. The first-order chi connectivity index (χ1) is 12.6. The van der Waals surface area contributed by atoms with Crippen molar-refractivity contribution in [3.63, 3.8) is 0 Å². The number of Topliss-reactive ketones (excluding diaryl/α,β-unsaturated/α-hetero) is 1. The van der Waals surface area contributed by atoms with Gasteiger partial charge in [0.1, 0.15) is 0 Å². The molecule has 1 atom stereocenters. The third-order valence-electron chi connectivity index (χ3n) is 3.65. The van der Waals surface area contributed by atoms with E-state index >= 15 is 0 Å². The molecule has 0 fully saturated rings. The molecule has 0 bridgehead atoms. The summed E-state index contributed by atoms with van der Waals surface area (Å²) >= 11 is 2.77. The second kappa shape index (κ2) is 10.9. The quantitative estimate of drug-likeness (QED) is 0.451. The van der Waals surface area contributed by atoms with Gasteiger partial charge >= 0.3 is 0 Å². The van der Waals surface area contributed by atoms with Gasteiger partial charge in [0.2, 0.25) is 11.0 Å². The fraction of sp³-hybridized carbons (Fsp3) is 0.444. The first-order valence-electron chi connectivity index (χ1n) is 8.62. The molecule has 0 saturated carbocycles. The number of rotatable bonds is 11. The largest absolute Gasteiger partial charge is 0.360 e. The van der Waals surface area contributed by atoms with Crippen molar-refractivity contribution in [1.29, 1.82) is 0 Å². The predicted molar refractivity (Wildman–Crippen MR) is 107 cm³/mol. The highest BCUT2D eigenvalue weighted by molar-refractivity contribution is 8.01. The average Bonchev–Trinajstić information content (AvgIpc) is 3.08. The monoisotopic (exact) mass is 392 g/mol. The van der Waals surface area contributed by atoms with Crippen LogP contribution in [0.4, 0.5) is 5.13 Å². The Morgan fingerprint density at radius 3 is 2.69 bits per heavy atom. The lowest BCUT2D eigenvalue weighted by Gasteiger charge is -2.15. The molecule has 2 rings (SSSR count). The highest BCUT2D eigenvalue weighted by Crippen LogP contribution is 2.25. The maximum atomic E-state index is 12.2. The van der Waals surface area contributed by atoms with E-state index in [1.165, 1.54) is 30.0 Å². The Morgan fingerprint density at radius 2 is 2.00 bits per heavy atom.